The molecule has 0 aliphatic carbocycles. The predicted molar refractivity (Wildman–Crippen MR) is 156 cm³/mol. The number of thiocarbonyl (C=S) groups is 1. The van der Waals surface area contributed by atoms with E-state index in [1.54, 1.807) is 12.1 Å². The minimum absolute atomic E-state index is 0.160. The summed E-state index contributed by atoms with van der Waals surface area (Å²) in [5.74, 6) is 1.35. The van der Waals surface area contributed by atoms with Crippen molar-refractivity contribution in [1.29, 1.82) is 0 Å². The summed E-state index contributed by atoms with van der Waals surface area (Å²) < 4.78 is 11.7. The molecule has 0 aliphatic rings. The fraction of sp³-hybridized carbons (Fsp3) is 0.100. The second-order valence-corrected chi connectivity index (χ2v) is 9.51. The largest absolute Gasteiger partial charge is 0.457 e. The van der Waals surface area contributed by atoms with E-state index in [0.29, 0.717) is 39.2 Å². The number of carbonyl (C=O) groups is 1. The molecule has 0 saturated carbocycles. The number of rotatable bonds is 6. The molecule has 2 aromatic heterocycles. The van der Waals surface area contributed by atoms with Gasteiger partial charge < -0.3 is 14.2 Å². The van der Waals surface area contributed by atoms with E-state index < -0.39 is 0 Å². The van der Waals surface area contributed by atoms with Gasteiger partial charge in [0, 0.05) is 27.9 Å². The molecular formula is C30H24ClN3O3S. The van der Waals surface area contributed by atoms with Crippen LogP contribution in [0, 0.1) is 6.92 Å². The topological polar surface area (TPSA) is 80.3 Å². The van der Waals surface area contributed by atoms with E-state index in [1.807, 2.05) is 61.5 Å². The maximum absolute atomic E-state index is 12.4. The van der Waals surface area contributed by atoms with Gasteiger partial charge in [0.15, 0.2) is 10.7 Å². The van der Waals surface area contributed by atoms with E-state index in [4.69, 9.17) is 32.7 Å². The van der Waals surface area contributed by atoms with Gasteiger partial charge in [-0.3, -0.25) is 10.1 Å². The summed E-state index contributed by atoms with van der Waals surface area (Å²) in [5, 5.41) is 6.47. The summed E-state index contributed by atoms with van der Waals surface area (Å²) in [6, 6.07) is 22.9. The molecule has 5 aromatic rings. The Labute approximate surface area is 230 Å². The molecule has 0 saturated heterocycles. The lowest BCUT2D eigenvalue weighted by Crippen LogP contribution is -2.32. The van der Waals surface area contributed by atoms with E-state index in [0.717, 1.165) is 23.1 Å². The maximum atomic E-state index is 12.4. The van der Waals surface area contributed by atoms with Crippen LogP contribution in [0.4, 0.5) is 5.69 Å². The van der Waals surface area contributed by atoms with Crippen molar-refractivity contribution in [2.24, 2.45) is 0 Å². The van der Waals surface area contributed by atoms with Crippen molar-refractivity contribution in [2.75, 3.05) is 5.32 Å². The lowest BCUT2D eigenvalue weighted by atomic mass is 10.1. The first-order valence-corrected chi connectivity index (χ1v) is 12.8. The van der Waals surface area contributed by atoms with Gasteiger partial charge in [-0.15, -0.1) is 0 Å². The molecule has 3 aromatic carbocycles. The fourth-order valence-corrected chi connectivity index (χ4v) is 4.23. The monoisotopic (exact) mass is 541 g/mol. The van der Waals surface area contributed by atoms with Gasteiger partial charge in [-0.25, -0.2) is 4.98 Å². The number of aryl methyl sites for hydroxylation is 2. The SMILES string of the molecule is CCc1ccc(-c2nc3cc(NC(=S)NC(=O)/C=C/c4ccc(-c5ccc(C)c(Cl)c5)o4)ccc3o2)cc1. The number of carbonyl (C=O) groups excluding carboxylic acids is 1. The maximum Gasteiger partial charge on any atom is 0.250 e. The number of oxazole rings is 1. The van der Waals surface area contributed by atoms with Gasteiger partial charge in [0.2, 0.25) is 11.8 Å². The number of hydrogen-bond donors (Lipinski definition) is 2. The number of anilines is 1. The molecular weight excluding hydrogens is 518 g/mol. The minimum atomic E-state index is -0.390. The normalized spacial score (nSPS) is 11.2. The van der Waals surface area contributed by atoms with Crippen molar-refractivity contribution in [1.82, 2.24) is 10.3 Å². The van der Waals surface area contributed by atoms with Crippen LogP contribution in [0.2, 0.25) is 5.02 Å². The van der Waals surface area contributed by atoms with Crippen LogP contribution in [0.25, 0.3) is 40.0 Å². The molecule has 6 nitrogen and oxygen atoms in total. The highest BCUT2D eigenvalue weighted by atomic mass is 35.5. The zero-order chi connectivity index (χ0) is 26.6. The Bertz CT molecular complexity index is 1670. The summed E-state index contributed by atoms with van der Waals surface area (Å²) >= 11 is 11.5. The molecule has 190 valence electrons. The van der Waals surface area contributed by atoms with Crippen LogP contribution in [-0.4, -0.2) is 16.0 Å². The Morgan fingerprint density at radius 1 is 1.00 bits per heavy atom. The lowest BCUT2D eigenvalue weighted by molar-refractivity contribution is -0.115. The summed E-state index contributed by atoms with van der Waals surface area (Å²) in [5.41, 5.74) is 6.04. The average Bonchev–Trinajstić information content (AvgIpc) is 3.56. The van der Waals surface area contributed by atoms with Gasteiger partial charge in [-0.1, -0.05) is 42.8 Å². The summed E-state index contributed by atoms with van der Waals surface area (Å²) in [7, 11) is 0. The Balaban J connectivity index is 1.19. The van der Waals surface area contributed by atoms with Crippen molar-refractivity contribution < 1.29 is 13.6 Å². The van der Waals surface area contributed by atoms with Crippen molar-refractivity contribution in [2.45, 2.75) is 20.3 Å². The Hall–Kier alpha value is -4.20. The zero-order valence-electron chi connectivity index (χ0n) is 20.7. The number of furan rings is 1. The lowest BCUT2D eigenvalue weighted by Gasteiger charge is -2.07. The van der Waals surface area contributed by atoms with Crippen molar-refractivity contribution in [3.63, 3.8) is 0 Å². The molecule has 5 rings (SSSR count). The average molecular weight is 542 g/mol. The molecule has 0 atom stereocenters. The number of fused-ring (bicyclic) bond motifs is 1. The molecule has 2 N–H and O–H groups in total. The van der Waals surface area contributed by atoms with E-state index in [-0.39, 0.29) is 11.0 Å². The highest BCUT2D eigenvalue weighted by Crippen LogP contribution is 2.28. The second-order valence-electron chi connectivity index (χ2n) is 8.69. The molecule has 0 spiro atoms. The third kappa shape index (κ3) is 5.85. The Morgan fingerprint density at radius 3 is 2.55 bits per heavy atom. The van der Waals surface area contributed by atoms with E-state index in [1.165, 1.54) is 11.6 Å². The first kappa shape index (κ1) is 25.4. The summed E-state index contributed by atoms with van der Waals surface area (Å²) in [4.78, 5) is 17.0. The first-order valence-electron chi connectivity index (χ1n) is 12.0. The van der Waals surface area contributed by atoms with Crippen molar-refractivity contribution in [3.8, 4) is 22.8 Å². The summed E-state index contributed by atoms with van der Waals surface area (Å²) in [6.07, 6.45) is 3.91. The predicted octanol–water partition coefficient (Wildman–Crippen LogP) is 7.81. The first-order chi connectivity index (χ1) is 18.4. The minimum Gasteiger partial charge on any atom is -0.457 e. The Kier molecular flexibility index (Phi) is 7.40. The molecule has 0 bridgehead atoms. The quantitative estimate of drug-likeness (QED) is 0.168. The van der Waals surface area contributed by atoms with Crippen molar-refractivity contribution >= 4 is 57.7 Å². The van der Waals surface area contributed by atoms with Gasteiger partial charge in [-0.2, -0.15) is 0 Å². The number of benzene rings is 3. The van der Waals surface area contributed by atoms with Gasteiger partial charge in [-0.05, 0) is 91.3 Å². The van der Waals surface area contributed by atoms with Crippen LogP contribution >= 0.6 is 23.8 Å². The third-order valence-electron chi connectivity index (χ3n) is 5.97. The Morgan fingerprint density at radius 2 is 1.79 bits per heavy atom. The smallest absolute Gasteiger partial charge is 0.250 e. The molecule has 1 amide bonds. The number of nitrogens with zero attached hydrogens (tertiary/aromatic N) is 1. The highest BCUT2D eigenvalue weighted by molar-refractivity contribution is 7.80. The molecule has 0 radical (unpaired) electrons. The highest BCUT2D eigenvalue weighted by Gasteiger charge is 2.10. The van der Waals surface area contributed by atoms with Gasteiger partial charge in [0.1, 0.15) is 17.0 Å². The van der Waals surface area contributed by atoms with Crippen LogP contribution < -0.4 is 10.6 Å². The second kappa shape index (κ2) is 11.0. The number of nitrogens with one attached hydrogen (secondary N) is 2. The fourth-order valence-electron chi connectivity index (χ4n) is 3.83. The molecule has 0 aliphatic heterocycles. The molecule has 2 heterocycles. The molecule has 38 heavy (non-hydrogen) atoms. The zero-order valence-corrected chi connectivity index (χ0v) is 22.3. The standard InChI is InChI=1S/C30H24ClN3O3S/c1-3-19-5-8-20(9-6-19)29-33-25-17-22(10-13-27(25)37-29)32-30(38)34-28(35)15-12-23-11-14-26(36-23)21-7-4-18(2)24(31)16-21/h4-17H,3H2,1-2H3,(H2,32,34,35,38)/b15-12+. The van der Waals surface area contributed by atoms with Crippen LogP contribution in [0.5, 0.6) is 0 Å². The van der Waals surface area contributed by atoms with Gasteiger partial charge in [0.25, 0.3) is 0 Å². The number of halogens is 1. The third-order valence-corrected chi connectivity index (χ3v) is 6.58. The number of hydrogen-bond acceptors (Lipinski definition) is 5. The van der Waals surface area contributed by atoms with Crippen LogP contribution in [-0.2, 0) is 11.2 Å². The van der Waals surface area contributed by atoms with Crippen LogP contribution in [0.3, 0.4) is 0 Å². The van der Waals surface area contributed by atoms with Gasteiger partial charge in [0.05, 0.1) is 0 Å². The molecule has 0 unspecified atom stereocenters. The van der Waals surface area contributed by atoms with Crippen LogP contribution in [0.15, 0.2) is 87.7 Å². The van der Waals surface area contributed by atoms with E-state index in [9.17, 15) is 4.79 Å². The van der Waals surface area contributed by atoms with Crippen LogP contribution in [0.1, 0.15) is 23.8 Å². The van der Waals surface area contributed by atoms with Crippen molar-refractivity contribution in [3.05, 3.63) is 101 Å². The number of amides is 1. The van der Waals surface area contributed by atoms with E-state index in [2.05, 4.69) is 34.7 Å². The van der Waals surface area contributed by atoms with E-state index >= 15 is 0 Å². The summed E-state index contributed by atoms with van der Waals surface area (Å²) in [6.45, 7) is 4.06. The molecule has 0 fully saturated rings. The molecule has 8 heteroatoms. The number of aromatic nitrogens is 1. The van der Waals surface area contributed by atoms with Gasteiger partial charge >= 0.3 is 0 Å².